The van der Waals surface area contributed by atoms with Crippen molar-refractivity contribution >= 4 is 23.1 Å². The van der Waals surface area contributed by atoms with Crippen LogP contribution in [0.3, 0.4) is 0 Å². The highest BCUT2D eigenvalue weighted by molar-refractivity contribution is 6.08. The van der Waals surface area contributed by atoms with Gasteiger partial charge in [-0.1, -0.05) is 87.2 Å². The molecular formula is C40H37N5O. The number of aromatic nitrogens is 1. The van der Waals surface area contributed by atoms with Crippen molar-refractivity contribution in [2.24, 2.45) is 22.0 Å². The first kappa shape index (κ1) is 28.3. The molecule has 2 aromatic carbocycles. The molecule has 6 heteroatoms. The SMILES string of the molecule is C=CC1=C(CC)C2=CC=C(Oc3ccc4c(c3)N(c3ccccn3)C3C=CC=CC43)C(C)C2C2=NN=C(c3ccccc3C)CN21. The van der Waals surface area contributed by atoms with E-state index in [0.29, 0.717) is 6.54 Å². The van der Waals surface area contributed by atoms with E-state index in [9.17, 15) is 0 Å². The fourth-order valence-corrected chi connectivity index (χ4v) is 7.75. The van der Waals surface area contributed by atoms with Crippen LogP contribution in [-0.4, -0.2) is 34.0 Å². The molecule has 0 N–H and O–H groups in total. The van der Waals surface area contributed by atoms with E-state index in [0.717, 1.165) is 52.2 Å². The van der Waals surface area contributed by atoms with Gasteiger partial charge in [-0.05, 0) is 66.0 Å². The first-order valence-electron chi connectivity index (χ1n) is 16.2. The molecule has 2 aliphatic carbocycles. The summed E-state index contributed by atoms with van der Waals surface area (Å²) in [6, 6.07) is 21.2. The molecule has 0 spiro atoms. The van der Waals surface area contributed by atoms with Crippen LogP contribution in [0.15, 0.2) is 149 Å². The Morgan fingerprint density at radius 3 is 2.65 bits per heavy atom. The number of amidine groups is 1. The lowest BCUT2D eigenvalue weighted by atomic mass is 9.74. The van der Waals surface area contributed by atoms with Crippen LogP contribution in [0.25, 0.3) is 0 Å². The summed E-state index contributed by atoms with van der Waals surface area (Å²) in [5.74, 6) is 3.98. The largest absolute Gasteiger partial charge is 0.461 e. The Bertz CT molecular complexity index is 1960. The summed E-state index contributed by atoms with van der Waals surface area (Å²) >= 11 is 0. The fraction of sp³-hybridized carbons (Fsp3) is 0.225. The van der Waals surface area contributed by atoms with Gasteiger partial charge in [0.1, 0.15) is 23.2 Å². The smallest absolute Gasteiger partial charge is 0.140 e. The molecule has 0 bridgehead atoms. The van der Waals surface area contributed by atoms with Crippen molar-refractivity contribution in [1.29, 1.82) is 0 Å². The molecule has 3 aliphatic heterocycles. The summed E-state index contributed by atoms with van der Waals surface area (Å²) in [6.45, 7) is 11.5. The molecule has 5 aliphatic rings. The number of rotatable bonds is 6. The van der Waals surface area contributed by atoms with Gasteiger partial charge in [-0.25, -0.2) is 4.98 Å². The lowest BCUT2D eigenvalue weighted by molar-refractivity contribution is 0.322. The highest BCUT2D eigenvalue weighted by Crippen LogP contribution is 2.49. The van der Waals surface area contributed by atoms with Gasteiger partial charge >= 0.3 is 0 Å². The van der Waals surface area contributed by atoms with Crippen molar-refractivity contribution in [2.75, 3.05) is 11.4 Å². The summed E-state index contributed by atoms with van der Waals surface area (Å²) in [5, 5.41) is 9.73. The molecule has 8 rings (SSSR count). The molecule has 3 aromatic rings. The third-order valence-corrected chi connectivity index (χ3v) is 9.95. The van der Waals surface area contributed by atoms with Crippen molar-refractivity contribution in [3.05, 3.63) is 155 Å². The average molecular weight is 604 g/mol. The zero-order valence-electron chi connectivity index (χ0n) is 26.5. The van der Waals surface area contributed by atoms with Crippen LogP contribution < -0.4 is 9.64 Å². The molecule has 4 atom stereocenters. The van der Waals surface area contributed by atoms with E-state index in [-0.39, 0.29) is 23.8 Å². The average Bonchev–Trinajstić information content (AvgIpc) is 3.42. The van der Waals surface area contributed by atoms with Crippen LogP contribution in [0.2, 0.25) is 0 Å². The van der Waals surface area contributed by atoms with E-state index in [1.54, 1.807) is 0 Å². The Hall–Kier alpha value is -5.23. The normalized spacial score (nSPS) is 24.2. The monoisotopic (exact) mass is 603 g/mol. The minimum atomic E-state index is 0.0263. The standard InChI is InChI=1S/C40H37N5O/c1-5-28-32-20-21-37(26(4)39(32)40-43-42-33(24-44(40)34(28)6-2)29-14-8-7-13-25(29)3)46-27-18-19-31-30-15-9-10-16-35(30)45(36(31)23-27)38-17-11-12-22-41-38/h6-23,26,30,35,39H,2,5,24H2,1,3-4H3. The predicted octanol–water partition coefficient (Wildman–Crippen LogP) is 8.56. The van der Waals surface area contributed by atoms with E-state index in [4.69, 9.17) is 19.9 Å². The zero-order valence-corrected chi connectivity index (χ0v) is 26.5. The lowest BCUT2D eigenvalue weighted by Crippen LogP contribution is -2.48. The van der Waals surface area contributed by atoms with E-state index in [1.165, 1.54) is 22.3 Å². The number of fused-ring (bicyclic) bond motifs is 6. The highest BCUT2D eigenvalue weighted by Gasteiger charge is 2.43. The van der Waals surface area contributed by atoms with Crippen molar-refractivity contribution in [3.8, 4) is 5.75 Å². The van der Waals surface area contributed by atoms with Gasteiger partial charge in [-0.2, -0.15) is 5.10 Å². The number of ether oxygens (including phenoxy) is 1. The zero-order chi connectivity index (χ0) is 31.4. The van der Waals surface area contributed by atoms with Gasteiger partial charge in [0.15, 0.2) is 0 Å². The van der Waals surface area contributed by atoms with Crippen LogP contribution in [0.1, 0.15) is 42.9 Å². The molecule has 4 heterocycles. The van der Waals surface area contributed by atoms with Crippen LogP contribution in [0, 0.1) is 18.8 Å². The Kier molecular flexibility index (Phi) is 6.93. The lowest BCUT2D eigenvalue weighted by Gasteiger charge is -2.44. The number of nitrogens with zero attached hydrogens (tertiary/aromatic N) is 5. The van der Waals surface area contributed by atoms with E-state index >= 15 is 0 Å². The molecule has 0 saturated carbocycles. The second-order valence-electron chi connectivity index (χ2n) is 12.5. The highest BCUT2D eigenvalue weighted by atomic mass is 16.5. The molecule has 0 saturated heterocycles. The first-order chi connectivity index (χ1) is 22.6. The summed E-state index contributed by atoms with van der Waals surface area (Å²) in [4.78, 5) is 9.37. The van der Waals surface area contributed by atoms with E-state index in [1.807, 2.05) is 24.4 Å². The van der Waals surface area contributed by atoms with Crippen LogP contribution in [0.4, 0.5) is 11.5 Å². The first-order valence-corrected chi connectivity index (χ1v) is 16.2. The molecule has 0 fully saturated rings. The maximum absolute atomic E-state index is 6.78. The third kappa shape index (κ3) is 4.43. The number of hydrogen-bond acceptors (Lipinski definition) is 6. The van der Waals surface area contributed by atoms with E-state index in [2.05, 4.69) is 122 Å². The number of hydrogen-bond donors (Lipinski definition) is 0. The van der Waals surface area contributed by atoms with Crippen molar-refractivity contribution in [2.45, 2.75) is 39.2 Å². The number of aryl methyl sites for hydroxylation is 1. The van der Waals surface area contributed by atoms with Crippen LogP contribution >= 0.6 is 0 Å². The van der Waals surface area contributed by atoms with Gasteiger partial charge in [0.05, 0.1) is 29.9 Å². The van der Waals surface area contributed by atoms with Gasteiger partial charge in [0.2, 0.25) is 0 Å². The second-order valence-corrected chi connectivity index (χ2v) is 12.5. The third-order valence-electron chi connectivity index (χ3n) is 9.95. The molecule has 0 amide bonds. The molecule has 46 heavy (non-hydrogen) atoms. The summed E-state index contributed by atoms with van der Waals surface area (Å²) in [7, 11) is 0. The fourth-order valence-electron chi connectivity index (χ4n) is 7.75. The minimum Gasteiger partial charge on any atom is -0.461 e. The van der Waals surface area contributed by atoms with Gasteiger partial charge < -0.3 is 14.5 Å². The summed E-state index contributed by atoms with van der Waals surface area (Å²) < 4.78 is 6.78. The second kappa shape index (κ2) is 11.3. The van der Waals surface area contributed by atoms with Crippen molar-refractivity contribution in [3.63, 3.8) is 0 Å². The van der Waals surface area contributed by atoms with Gasteiger partial charge in [-0.3, -0.25) is 0 Å². The van der Waals surface area contributed by atoms with Crippen LogP contribution in [0.5, 0.6) is 5.75 Å². The molecule has 0 radical (unpaired) electrons. The van der Waals surface area contributed by atoms with Gasteiger partial charge in [-0.15, -0.1) is 5.10 Å². The number of anilines is 2. The molecular weight excluding hydrogens is 566 g/mol. The van der Waals surface area contributed by atoms with Crippen molar-refractivity contribution < 1.29 is 4.74 Å². The summed E-state index contributed by atoms with van der Waals surface area (Å²) in [6.07, 6.45) is 17.9. The predicted molar refractivity (Wildman–Crippen MR) is 186 cm³/mol. The summed E-state index contributed by atoms with van der Waals surface area (Å²) in [5.41, 5.74) is 9.42. The quantitative estimate of drug-likeness (QED) is 0.283. The number of pyridine rings is 1. The molecule has 228 valence electrons. The number of benzene rings is 2. The Balaban J connectivity index is 1.16. The Morgan fingerprint density at radius 1 is 1.00 bits per heavy atom. The molecule has 6 nitrogen and oxygen atoms in total. The number of allylic oxidation sites excluding steroid dienone is 7. The topological polar surface area (TPSA) is 53.3 Å². The Labute approximate surface area is 270 Å². The van der Waals surface area contributed by atoms with E-state index < -0.39 is 0 Å². The molecule has 1 aromatic heterocycles. The maximum Gasteiger partial charge on any atom is 0.140 e. The maximum atomic E-state index is 6.78. The van der Waals surface area contributed by atoms with Crippen LogP contribution in [-0.2, 0) is 0 Å². The van der Waals surface area contributed by atoms with Gasteiger partial charge in [0.25, 0.3) is 0 Å². The minimum absolute atomic E-state index is 0.0263. The Morgan fingerprint density at radius 2 is 1.85 bits per heavy atom. The molecule has 4 unspecified atom stereocenters. The van der Waals surface area contributed by atoms with Crippen molar-refractivity contribution in [1.82, 2.24) is 9.88 Å². The van der Waals surface area contributed by atoms with Gasteiger partial charge in [0, 0.05) is 35.4 Å².